The number of hydrogen-bond acceptors (Lipinski definition) is 10. The maximum atomic E-state index is 9.62. The SMILES string of the molecule is CNc1nc(Nc2ccc(-c3cnco3)c(OC)c2)nc(N2CCC[C@@H]2CO)n1. The van der Waals surface area contributed by atoms with Crippen molar-refractivity contribution in [2.75, 3.05) is 42.8 Å². The van der Waals surface area contributed by atoms with Gasteiger partial charge >= 0.3 is 0 Å². The summed E-state index contributed by atoms with van der Waals surface area (Å²) in [5.74, 6) is 2.64. The van der Waals surface area contributed by atoms with Crippen LogP contribution in [0.25, 0.3) is 11.3 Å². The van der Waals surface area contributed by atoms with E-state index in [1.807, 2.05) is 23.1 Å². The number of nitrogens with one attached hydrogen (secondary N) is 2. The van der Waals surface area contributed by atoms with E-state index in [0.717, 1.165) is 30.6 Å². The summed E-state index contributed by atoms with van der Waals surface area (Å²) in [6, 6.07) is 5.63. The number of benzene rings is 1. The number of ether oxygens (including phenoxy) is 1. The molecular weight excluding hydrogens is 374 g/mol. The lowest BCUT2D eigenvalue weighted by atomic mass is 10.1. The second-order valence-electron chi connectivity index (χ2n) is 6.61. The van der Waals surface area contributed by atoms with E-state index < -0.39 is 0 Å². The quantitative estimate of drug-likeness (QED) is 0.547. The average Bonchev–Trinajstić information content (AvgIpc) is 3.45. The zero-order valence-corrected chi connectivity index (χ0v) is 16.3. The van der Waals surface area contributed by atoms with Crippen LogP contribution in [0.1, 0.15) is 12.8 Å². The molecule has 0 aliphatic carbocycles. The molecule has 1 aliphatic heterocycles. The van der Waals surface area contributed by atoms with Crippen LogP contribution < -0.4 is 20.3 Å². The van der Waals surface area contributed by atoms with E-state index in [2.05, 4.69) is 30.6 Å². The Kier molecular flexibility index (Phi) is 5.43. The summed E-state index contributed by atoms with van der Waals surface area (Å²) >= 11 is 0. The van der Waals surface area contributed by atoms with Gasteiger partial charge in [0.05, 0.1) is 31.5 Å². The number of aliphatic hydroxyl groups excluding tert-OH is 1. The standard InChI is InChI=1S/C19H23N7O3/c1-20-17-23-18(25-19(24-17)26-7-3-4-13(26)10-27)22-12-5-6-14(15(8-12)28-2)16-9-21-11-29-16/h5-6,8-9,11,13,27H,3-4,7,10H2,1-2H3,(H2,20,22,23,24,25)/t13-/m1/s1. The van der Waals surface area contributed by atoms with Crippen LogP contribution in [0.5, 0.6) is 5.75 Å². The van der Waals surface area contributed by atoms with Crippen molar-refractivity contribution in [1.82, 2.24) is 19.9 Å². The van der Waals surface area contributed by atoms with Gasteiger partial charge in [-0.25, -0.2) is 4.98 Å². The van der Waals surface area contributed by atoms with Crippen LogP contribution in [0, 0.1) is 0 Å². The molecule has 2 aromatic heterocycles. The number of methoxy groups -OCH3 is 1. The predicted octanol–water partition coefficient (Wildman–Crippen LogP) is 2.28. The van der Waals surface area contributed by atoms with Gasteiger partial charge in [0.1, 0.15) is 5.75 Å². The second-order valence-corrected chi connectivity index (χ2v) is 6.61. The van der Waals surface area contributed by atoms with Gasteiger partial charge in [0.2, 0.25) is 17.8 Å². The molecule has 1 aromatic carbocycles. The van der Waals surface area contributed by atoms with Crippen molar-refractivity contribution in [3.63, 3.8) is 0 Å². The Bertz CT molecular complexity index is 964. The Hall–Kier alpha value is -3.40. The molecule has 0 unspecified atom stereocenters. The minimum atomic E-state index is 0.0243. The fourth-order valence-electron chi connectivity index (χ4n) is 3.40. The largest absolute Gasteiger partial charge is 0.496 e. The summed E-state index contributed by atoms with van der Waals surface area (Å²) in [6.07, 6.45) is 4.93. The van der Waals surface area contributed by atoms with Crippen molar-refractivity contribution in [3.05, 3.63) is 30.8 Å². The van der Waals surface area contributed by atoms with E-state index in [1.54, 1.807) is 20.4 Å². The molecule has 1 saturated heterocycles. The first kappa shape index (κ1) is 18.9. The third-order valence-corrected chi connectivity index (χ3v) is 4.85. The fourth-order valence-corrected chi connectivity index (χ4v) is 3.40. The Morgan fingerprint density at radius 1 is 1.28 bits per heavy atom. The van der Waals surface area contributed by atoms with Crippen LogP contribution in [-0.4, -0.2) is 58.4 Å². The molecule has 1 atom stereocenters. The van der Waals surface area contributed by atoms with Crippen LogP contribution in [-0.2, 0) is 0 Å². The average molecular weight is 397 g/mol. The van der Waals surface area contributed by atoms with Crippen molar-refractivity contribution in [2.24, 2.45) is 0 Å². The summed E-state index contributed by atoms with van der Waals surface area (Å²) in [5, 5.41) is 15.8. The first-order valence-electron chi connectivity index (χ1n) is 9.37. The third-order valence-electron chi connectivity index (χ3n) is 4.85. The lowest BCUT2D eigenvalue weighted by Crippen LogP contribution is -2.33. The summed E-state index contributed by atoms with van der Waals surface area (Å²) in [6.45, 7) is 0.876. The highest BCUT2D eigenvalue weighted by molar-refractivity contribution is 5.71. The molecule has 152 valence electrons. The Labute approximate surface area is 168 Å². The van der Waals surface area contributed by atoms with E-state index in [0.29, 0.717) is 29.4 Å². The van der Waals surface area contributed by atoms with Crippen LogP contribution in [0.15, 0.2) is 35.2 Å². The maximum Gasteiger partial charge on any atom is 0.233 e. The highest BCUT2D eigenvalue weighted by Crippen LogP contribution is 2.33. The molecule has 1 aliphatic rings. The van der Waals surface area contributed by atoms with E-state index in [4.69, 9.17) is 9.15 Å². The van der Waals surface area contributed by atoms with Crippen molar-refractivity contribution in [2.45, 2.75) is 18.9 Å². The van der Waals surface area contributed by atoms with Crippen molar-refractivity contribution in [1.29, 1.82) is 0 Å². The van der Waals surface area contributed by atoms with E-state index >= 15 is 0 Å². The van der Waals surface area contributed by atoms with Gasteiger partial charge in [0.15, 0.2) is 12.2 Å². The van der Waals surface area contributed by atoms with Gasteiger partial charge in [-0.2, -0.15) is 15.0 Å². The number of hydrogen-bond donors (Lipinski definition) is 3. The van der Waals surface area contributed by atoms with E-state index in [9.17, 15) is 5.11 Å². The topological polar surface area (TPSA) is 121 Å². The van der Waals surface area contributed by atoms with E-state index in [-0.39, 0.29) is 12.6 Å². The number of anilines is 4. The molecule has 4 rings (SSSR count). The van der Waals surface area contributed by atoms with Gasteiger partial charge in [-0.15, -0.1) is 0 Å². The number of aliphatic hydroxyl groups is 1. The van der Waals surface area contributed by atoms with Crippen LogP contribution in [0.2, 0.25) is 0 Å². The lowest BCUT2D eigenvalue weighted by Gasteiger charge is -2.23. The van der Waals surface area contributed by atoms with Crippen molar-refractivity contribution < 1.29 is 14.3 Å². The highest BCUT2D eigenvalue weighted by Gasteiger charge is 2.27. The monoisotopic (exact) mass is 397 g/mol. The molecule has 3 heterocycles. The molecule has 0 radical (unpaired) electrons. The normalized spacial score (nSPS) is 16.1. The van der Waals surface area contributed by atoms with Gasteiger partial charge in [0.25, 0.3) is 0 Å². The van der Waals surface area contributed by atoms with Crippen LogP contribution >= 0.6 is 0 Å². The van der Waals surface area contributed by atoms with E-state index in [1.165, 1.54) is 6.39 Å². The molecule has 1 fully saturated rings. The Balaban J connectivity index is 1.63. The van der Waals surface area contributed by atoms with Crippen molar-refractivity contribution >= 4 is 23.5 Å². The molecule has 0 bridgehead atoms. The number of rotatable bonds is 7. The summed E-state index contributed by atoms with van der Waals surface area (Å²) in [4.78, 5) is 19.4. The zero-order valence-electron chi connectivity index (χ0n) is 16.3. The zero-order chi connectivity index (χ0) is 20.2. The maximum absolute atomic E-state index is 9.62. The lowest BCUT2D eigenvalue weighted by molar-refractivity contribution is 0.265. The number of oxazole rings is 1. The molecule has 10 heteroatoms. The van der Waals surface area contributed by atoms with Crippen molar-refractivity contribution in [3.8, 4) is 17.1 Å². The minimum Gasteiger partial charge on any atom is -0.496 e. The number of nitrogens with zero attached hydrogens (tertiary/aromatic N) is 5. The molecule has 3 N–H and O–H groups in total. The summed E-state index contributed by atoms with van der Waals surface area (Å²) in [5.41, 5.74) is 1.55. The molecule has 0 amide bonds. The smallest absolute Gasteiger partial charge is 0.233 e. The Morgan fingerprint density at radius 2 is 2.14 bits per heavy atom. The highest BCUT2D eigenvalue weighted by atomic mass is 16.5. The predicted molar refractivity (Wildman–Crippen MR) is 109 cm³/mol. The second kappa shape index (κ2) is 8.31. The van der Waals surface area contributed by atoms with Gasteiger partial charge in [-0.05, 0) is 25.0 Å². The van der Waals surface area contributed by atoms with Crippen LogP contribution in [0.3, 0.4) is 0 Å². The fraction of sp³-hybridized carbons (Fsp3) is 0.368. The number of aromatic nitrogens is 4. The minimum absolute atomic E-state index is 0.0243. The van der Waals surface area contributed by atoms with Gasteiger partial charge in [-0.1, -0.05) is 0 Å². The first-order chi connectivity index (χ1) is 14.2. The molecule has 0 saturated carbocycles. The van der Waals surface area contributed by atoms with Gasteiger partial charge in [0, 0.05) is 25.3 Å². The summed E-state index contributed by atoms with van der Waals surface area (Å²) in [7, 11) is 3.35. The molecule has 0 spiro atoms. The molecule has 10 nitrogen and oxygen atoms in total. The molecular formula is C19H23N7O3. The Morgan fingerprint density at radius 3 is 2.86 bits per heavy atom. The van der Waals surface area contributed by atoms with Gasteiger partial charge in [-0.3, -0.25) is 0 Å². The van der Waals surface area contributed by atoms with Crippen LogP contribution in [0.4, 0.5) is 23.5 Å². The third kappa shape index (κ3) is 3.92. The first-order valence-corrected chi connectivity index (χ1v) is 9.37. The molecule has 3 aromatic rings. The summed E-state index contributed by atoms with van der Waals surface area (Å²) < 4.78 is 10.9. The van der Waals surface area contributed by atoms with Gasteiger partial charge < -0.3 is 29.8 Å². The molecule has 29 heavy (non-hydrogen) atoms.